The minimum Gasteiger partial charge on any atom is -0.462 e. The second-order valence-electron chi connectivity index (χ2n) is 16.3. The Balaban J connectivity index is 4.42. The molecule has 0 saturated carbocycles. The minimum absolute atomic E-state index is 0.0926. The first-order chi connectivity index (χ1) is 30.0. The lowest BCUT2D eigenvalue weighted by Crippen LogP contribution is -2.30. The number of carbonyl (C=O) groups is 3. The van der Waals surface area contributed by atoms with Gasteiger partial charge in [-0.15, -0.1) is 0 Å². The van der Waals surface area contributed by atoms with Crippen molar-refractivity contribution in [1.82, 2.24) is 0 Å². The molecule has 0 bridgehead atoms. The molecule has 6 heteroatoms. The van der Waals surface area contributed by atoms with Gasteiger partial charge in [0.25, 0.3) is 0 Å². The molecular weight excluding hydrogens is 757 g/mol. The number of carbonyl (C=O) groups excluding carboxylic acids is 3. The van der Waals surface area contributed by atoms with Crippen molar-refractivity contribution in [3.63, 3.8) is 0 Å². The van der Waals surface area contributed by atoms with Crippen LogP contribution in [0, 0.1) is 0 Å². The van der Waals surface area contributed by atoms with E-state index in [-0.39, 0.29) is 31.1 Å². The predicted molar refractivity (Wildman–Crippen MR) is 261 cm³/mol. The molecule has 0 rings (SSSR count). The molecule has 0 fully saturated rings. The van der Waals surface area contributed by atoms with Crippen molar-refractivity contribution < 1.29 is 28.6 Å². The zero-order valence-electron chi connectivity index (χ0n) is 39.7. The van der Waals surface area contributed by atoms with Gasteiger partial charge in [0.1, 0.15) is 13.2 Å². The Morgan fingerprint density at radius 2 is 0.639 bits per heavy atom. The third kappa shape index (κ3) is 47.5. The van der Waals surface area contributed by atoms with Gasteiger partial charge in [0, 0.05) is 19.3 Å². The van der Waals surface area contributed by atoms with Crippen molar-refractivity contribution in [2.75, 3.05) is 13.2 Å². The summed E-state index contributed by atoms with van der Waals surface area (Å²) in [7, 11) is 0. The van der Waals surface area contributed by atoms with Crippen LogP contribution in [0.25, 0.3) is 0 Å². The summed E-state index contributed by atoms with van der Waals surface area (Å²) in [5, 5.41) is 0. The number of ether oxygens (including phenoxy) is 3. The Kier molecular flexibility index (Phi) is 46.5. The first-order valence-corrected chi connectivity index (χ1v) is 25.1. The van der Waals surface area contributed by atoms with Crippen molar-refractivity contribution in [3.8, 4) is 0 Å². The normalized spacial score (nSPS) is 12.8. The van der Waals surface area contributed by atoms with E-state index in [4.69, 9.17) is 14.2 Å². The molecule has 0 aromatic carbocycles. The van der Waals surface area contributed by atoms with Crippen molar-refractivity contribution in [2.45, 2.75) is 232 Å². The lowest BCUT2D eigenvalue weighted by atomic mass is 10.1. The zero-order valence-corrected chi connectivity index (χ0v) is 39.7. The Labute approximate surface area is 375 Å². The van der Waals surface area contributed by atoms with Crippen LogP contribution in [-0.4, -0.2) is 37.2 Å². The summed E-state index contributed by atoms with van der Waals surface area (Å²) < 4.78 is 16.7. The van der Waals surface area contributed by atoms with E-state index >= 15 is 0 Å². The molecule has 0 heterocycles. The number of hydrogen-bond acceptors (Lipinski definition) is 6. The molecule has 0 aromatic rings. The molecule has 6 nitrogen and oxygen atoms in total. The van der Waals surface area contributed by atoms with Gasteiger partial charge in [0.2, 0.25) is 0 Å². The van der Waals surface area contributed by atoms with Crippen LogP contribution in [0.4, 0.5) is 0 Å². The first-order valence-electron chi connectivity index (χ1n) is 25.1. The summed E-state index contributed by atoms with van der Waals surface area (Å²) in [6.07, 6.45) is 62.8. The summed E-state index contributed by atoms with van der Waals surface area (Å²) in [4.78, 5) is 37.8. The zero-order chi connectivity index (χ0) is 44.4. The molecule has 0 aliphatic carbocycles. The molecule has 0 aliphatic heterocycles. The molecule has 1 atom stereocenters. The van der Waals surface area contributed by atoms with E-state index < -0.39 is 6.10 Å². The molecule has 0 aromatic heterocycles. The lowest BCUT2D eigenvalue weighted by Gasteiger charge is -2.18. The molecule has 0 aliphatic rings. The SMILES string of the molecule is CC/C=C\C/C=C\C/C=C\C/C=C\C/C=C\CCCCCC(=O)OC[C@@H](COC(=O)CCCCCCCCCCC)OC(=O)CCCCCCC/C=C\C/C=C\CCCCC. The Hall–Kier alpha value is -3.41. The quantitative estimate of drug-likeness (QED) is 0.0263. The van der Waals surface area contributed by atoms with Crippen molar-refractivity contribution in [2.24, 2.45) is 0 Å². The second kappa shape index (κ2) is 49.2. The van der Waals surface area contributed by atoms with Gasteiger partial charge in [-0.1, -0.05) is 196 Å². The fourth-order valence-electron chi connectivity index (χ4n) is 6.61. The van der Waals surface area contributed by atoms with E-state index in [1.807, 2.05) is 0 Å². The molecule has 0 radical (unpaired) electrons. The first kappa shape index (κ1) is 57.6. The highest BCUT2D eigenvalue weighted by atomic mass is 16.6. The van der Waals surface area contributed by atoms with Crippen LogP contribution in [0.3, 0.4) is 0 Å². The summed E-state index contributed by atoms with van der Waals surface area (Å²) in [6, 6.07) is 0. The molecule has 0 amide bonds. The van der Waals surface area contributed by atoms with E-state index in [0.717, 1.165) is 122 Å². The maximum absolute atomic E-state index is 12.8. The van der Waals surface area contributed by atoms with E-state index in [1.54, 1.807) is 0 Å². The van der Waals surface area contributed by atoms with Gasteiger partial charge in [0.05, 0.1) is 0 Å². The number of hydrogen-bond donors (Lipinski definition) is 0. The Morgan fingerprint density at radius 3 is 1.05 bits per heavy atom. The lowest BCUT2D eigenvalue weighted by molar-refractivity contribution is -0.167. The van der Waals surface area contributed by atoms with Crippen LogP contribution in [0.1, 0.15) is 226 Å². The molecule has 0 saturated heterocycles. The van der Waals surface area contributed by atoms with Gasteiger partial charge in [-0.05, 0) is 96.3 Å². The standard InChI is InChI=1S/C55H92O6/c1-4-7-10-13-16-19-21-23-25-26-27-28-30-31-33-36-39-42-45-48-54(57)60-51-52(50-59-53(56)47-44-41-38-35-18-15-12-9-6-3)61-55(58)49-46-43-40-37-34-32-29-24-22-20-17-14-11-8-5-2/h7,10,16-17,19-20,23-25,27-29,31,33,52H,4-6,8-9,11-15,18,21-22,26,30,32,34-51H2,1-3H3/b10-7-,19-16-,20-17-,25-23-,28-27-,29-24-,33-31-/t52-/m1/s1. The third-order valence-electron chi connectivity index (χ3n) is 10.4. The van der Waals surface area contributed by atoms with Gasteiger partial charge in [0.15, 0.2) is 6.10 Å². The fraction of sp³-hybridized carbons (Fsp3) is 0.691. The summed E-state index contributed by atoms with van der Waals surface area (Å²) in [5.41, 5.74) is 0. The van der Waals surface area contributed by atoms with Crippen LogP contribution < -0.4 is 0 Å². The summed E-state index contributed by atoms with van der Waals surface area (Å²) >= 11 is 0. The van der Waals surface area contributed by atoms with Crippen LogP contribution in [-0.2, 0) is 28.6 Å². The second-order valence-corrected chi connectivity index (χ2v) is 16.3. The highest BCUT2D eigenvalue weighted by molar-refractivity contribution is 5.71. The minimum atomic E-state index is -0.795. The summed E-state index contributed by atoms with van der Waals surface area (Å²) in [6.45, 7) is 6.43. The van der Waals surface area contributed by atoms with Gasteiger partial charge in [-0.3, -0.25) is 14.4 Å². The maximum Gasteiger partial charge on any atom is 0.306 e. The Bertz CT molecular complexity index is 1200. The molecule has 348 valence electrons. The van der Waals surface area contributed by atoms with Gasteiger partial charge < -0.3 is 14.2 Å². The van der Waals surface area contributed by atoms with Crippen molar-refractivity contribution >= 4 is 17.9 Å². The highest BCUT2D eigenvalue weighted by Crippen LogP contribution is 2.13. The van der Waals surface area contributed by atoms with Crippen LogP contribution in [0.5, 0.6) is 0 Å². The highest BCUT2D eigenvalue weighted by Gasteiger charge is 2.19. The monoisotopic (exact) mass is 849 g/mol. The van der Waals surface area contributed by atoms with Crippen LogP contribution >= 0.6 is 0 Å². The number of rotatable bonds is 44. The number of unbranched alkanes of at least 4 members (excludes halogenated alkanes) is 19. The summed E-state index contributed by atoms with van der Waals surface area (Å²) in [5.74, 6) is -0.945. The average Bonchev–Trinajstić information content (AvgIpc) is 3.26. The molecule has 61 heavy (non-hydrogen) atoms. The van der Waals surface area contributed by atoms with Crippen molar-refractivity contribution in [1.29, 1.82) is 0 Å². The van der Waals surface area contributed by atoms with E-state index in [0.29, 0.717) is 19.3 Å². The smallest absolute Gasteiger partial charge is 0.306 e. The number of esters is 3. The maximum atomic E-state index is 12.8. The van der Waals surface area contributed by atoms with Gasteiger partial charge >= 0.3 is 17.9 Å². The molecular formula is C55H92O6. The molecule has 0 spiro atoms. The predicted octanol–water partition coefficient (Wildman–Crippen LogP) is 16.4. The molecule has 0 unspecified atom stereocenters. The van der Waals surface area contributed by atoms with E-state index in [1.165, 1.54) is 64.2 Å². The van der Waals surface area contributed by atoms with Gasteiger partial charge in [-0.25, -0.2) is 0 Å². The largest absolute Gasteiger partial charge is 0.462 e. The van der Waals surface area contributed by atoms with E-state index in [2.05, 4.69) is 106 Å². The third-order valence-corrected chi connectivity index (χ3v) is 10.4. The molecule has 0 N–H and O–H groups in total. The average molecular weight is 849 g/mol. The fourth-order valence-corrected chi connectivity index (χ4v) is 6.61. The Morgan fingerprint density at radius 1 is 0.344 bits per heavy atom. The van der Waals surface area contributed by atoms with Gasteiger partial charge in [-0.2, -0.15) is 0 Å². The van der Waals surface area contributed by atoms with Crippen LogP contribution in [0.2, 0.25) is 0 Å². The van der Waals surface area contributed by atoms with Crippen LogP contribution in [0.15, 0.2) is 85.1 Å². The van der Waals surface area contributed by atoms with E-state index in [9.17, 15) is 14.4 Å². The van der Waals surface area contributed by atoms with Crippen molar-refractivity contribution in [3.05, 3.63) is 85.1 Å². The topological polar surface area (TPSA) is 78.9 Å². The number of allylic oxidation sites excluding steroid dienone is 14.